The molecule has 0 heterocycles. The van der Waals surface area contributed by atoms with E-state index >= 15 is 0 Å². The molecular weight excluding hydrogens is 294 g/mol. The molecule has 0 saturated heterocycles. The van der Waals surface area contributed by atoms with Crippen molar-refractivity contribution in [3.8, 4) is 5.75 Å². The quantitative estimate of drug-likeness (QED) is 0.779. The van der Waals surface area contributed by atoms with E-state index in [0.717, 1.165) is 31.2 Å². The topological polar surface area (TPSA) is 86.6 Å². The molecule has 0 aliphatic heterocycles. The number of allylic oxidation sites excluding steroid dienone is 2. The van der Waals surface area contributed by atoms with Crippen LogP contribution in [0.5, 0.6) is 5.75 Å². The predicted octanol–water partition coefficient (Wildman–Crippen LogP) is 2.56. The van der Waals surface area contributed by atoms with E-state index in [-0.39, 0.29) is 18.1 Å². The standard InChI is InChI=1S/C18H21NO4/c20-15-10-8-13(9-11-15)12-16(18(22)23)19-17(21)14-6-4-2-1-3-5-7-14/h4,6-11,16,20H,1-3,5,12H2,(H,19,21)(H,22,23)/t16-/m0/s1. The first-order chi connectivity index (χ1) is 11.1. The van der Waals surface area contributed by atoms with E-state index in [9.17, 15) is 19.8 Å². The number of carboxylic acids is 1. The minimum Gasteiger partial charge on any atom is -0.508 e. The lowest BCUT2D eigenvalue weighted by atomic mass is 10.0. The molecule has 0 fully saturated rings. The molecule has 1 aliphatic rings. The van der Waals surface area contributed by atoms with Gasteiger partial charge in [0.15, 0.2) is 0 Å². The van der Waals surface area contributed by atoms with Gasteiger partial charge in [-0.3, -0.25) is 4.79 Å². The fraction of sp³-hybridized carbons (Fsp3) is 0.333. The summed E-state index contributed by atoms with van der Waals surface area (Å²) in [7, 11) is 0. The second kappa shape index (κ2) is 8.17. The van der Waals surface area contributed by atoms with Crippen LogP contribution in [-0.2, 0) is 16.0 Å². The Hall–Kier alpha value is -2.56. The molecule has 5 nitrogen and oxygen atoms in total. The molecule has 2 rings (SSSR count). The Morgan fingerprint density at radius 1 is 1.13 bits per heavy atom. The van der Waals surface area contributed by atoms with Crippen LogP contribution in [0, 0.1) is 0 Å². The maximum absolute atomic E-state index is 12.3. The highest BCUT2D eigenvalue weighted by Crippen LogP contribution is 2.13. The van der Waals surface area contributed by atoms with Crippen LogP contribution >= 0.6 is 0 Å². The van der Waals surface area contributed by atoms with Crippen LogP contribution in [0.15, 0.2) is 48.1 Å². The second-order valence-electron chi connectivity index (χ2n) is 5.58. The van der Waals surface area contributed by atoms with Crippen molar-refractivity contribution >= 4 is 11.9 Å². The summed E-state index contributed by atoms with van der Waals surface area (Å²) >= 11 is 0. The van der Waals surface area contributed by atoms with Crippen LogP contribution in [0.4, 0.5) is 0 Å². The third-order valence-corrected chi connectivity index (χ3v) is 3.73. The van der Waals surface area contributed by atoms with Crippen molar-refractivity contribution in [1.82, 2.24) is 5.32 Å². The maximum atomic E-state index is 12.3. The number of carbonyl (C=O) groups is 2. The van der Waals surface area contributed by atoms with Gasteiger partial charge in [0.2, 0.25) is 0 Å². The number of phenols is 1. The Labute approximate surface area is 135 Å². The molecule has 1 atom stereocenters. The predicted molar refractivity (Wildman–Crippen MR) is 87.1 cm³/mol. The van der Waals surface area contributed by atoms with Crippen molar-refractivity contribution in [3.63, 3.8) is 0 Å². The minimum absolute atomic E-state index is 0.120. The average molecular weight is 315 g/mol. The Balaban J connectivity index is 2.04. The number of hydrogen-bond donors (Lipinski definition) is 3. The van der Waals surface area contributed by atoms with E-state index < -0.39 is 12.0 Å². The lowest BCUT2D eigenvalue weighted by Gasteiger charge is -2.15. The van der Waals surface area contributed by atoms with Crippen molar-refractivity contribution in [3.05, 3.63) is 53.6 Å². The van der Waals surface area contributed by atoms with Crippen LogP contribution < -0.4 is 5.32 Å². The number of hydrogen-bond acceptors (Lipinski definition) is 3. The molecule has 23 heavy (non-hydrogen) atoms. The van der Waals surface area contributed by atoms with Gasteiger partial charge in [-0.2, -0.15) is 0 Å². The van der Waals surface area contributed by atoms with Gasteiger partial charge in [0, 0.05) is 12.0 Å². The van der Waals surface area contributed by atoms with Crippen LogP contribution in [0.3, 0.4) is 0 Å². The largest absolute Gasteiger partial charge is 0.508 e. The number of rotatable bonds is 5. The molecule has 1 aliphatic carbocycles. The lowest BCUT2D eigenvalue weighted by molar-refractivity contribution is -0.141. The average Bonchev–Trinajstić information content (AvgIpc) is 2.48. The highest BCUT2D eigenvalue weighted by atomic mass is 16.4. The zero-order chi connectivity index (χ0) is 16.7. The van der Waals surface area contributed by atoms with Gasteiger partial charge >= 0.3 is 5.97 Å². The fourth-order valence-corrected chi connectivity index (χ4v) is 2.42. The van der Waals surface area contributed by atoms with E-state index in [2.05, 4.69) is 5.32 Å². The third-order valence-electron chi connectivity index (χ3n) is 3.73. The number of aromatic hydroxyl groups is 1. The van der Waals surface area contributed by atoms with Crippen molar-refractivity contribution in [2.45, 2.75) is 38.1 Å². The van der Waals surface area contributed by atoms with Crippen LogP contribution in [0.25, 0.3) is 0 Å². The zero-order valence-corrected chi connectivity index (χ0v) is 12.9. The van der Waals surface area contributed by atoms with Crippen molar-refractivity contribution < 1.29 is 19.8 Å². The highest BCUT2D eigenvalue weighted by molar-refractivity contribution is 5.98. The van der Waals surface area contributed by atoms with Gasteiger partial charge in [-0.05, 0) is 43.4 Å². The Bertz CT molecular complexity index is 616. The summed E-state index contributed by atoms with van der Waals surface area (Å²) in [4.78, 5) is 23.7. The number of benzene rings is 1. The van der Waals surface area contributed by atoms with E-state index in [4.69, 9.17) is 0 Å². The Morgan fingerprint density at radius 2 is 1.83 bits per heavy atom. The summed E-state index contributed by atoms with van der Waals surface area (Å²) in [6.45, 7) is 0. The normalized spacial score (nSPS) is 15.9. The molecule has 122 valence electrons. The van der Waals surface area contributed by atoms with E-state index in [1.165, 1.54) is 12.1 Å². The second-order valence-corrected chi connectivity index (χ2v) is 5.58. The van der Waals surface area contributed by atoms with Gasteiger partial charge in [-0.1, -0.05) is 30.4 Å². The first-order valence-electron chi connectivity index (χ1n) is 7.74. The molecule has 0 unspecified atom stereocenters. The summed E-state index contributed by atoms with van der Waals surface area (Å²) in [5, 5.41) is 21.2. The Kier molecular flexibility index (Phi) is 5.97. The summed E-state index contributed by atoms with van der Waals surface area (Å²) in [5.41, 5.74) is 1.25. The van der Waals surface area contributed by atoms with E-state index in [1.807, 2.05) is 12.2 Å². The summed E-state index contributed by atoms with van der Waals surface area (Å²) in [6.07, 6.45) is 9.60. The van der Waals surface area contributed by atoms with Crippen LogP contribution in [-0.4, -0.2) is 28.1 Å². The zero-order valence-electron chi connectivity index (χ0n) is 12.9. The lowest BCUT2D eigenvalue weighted by Crippen LogP contribution is -2.42. The molecule has 0 spiro atoms. The fourth-order valence-electron chi connectivity index (χ4n) is 2.42. The molecular formula is C18H21NO4. The highest BCUT2D eigenvalue weighted by Gasteiger charge is 2.21. The SMILES string of the molecule is O=C(N[C@@H](Cc1ccc(O)cc1)C(=O)O)C1=CCCCCC=C1. The number of nitrogens with one attached hydrogen (secondary N) is 1. The van der Waals surface area contributed by atoms with E-state index in [0.29, 0.717) is 5.57 Å². The monoisotopic (exact) mass is 315 g/mol. The summed E-state index contributed by atoms with van der Waals surface area (Å²) < 4.78 is 0. The number of carboxylic acid groups (broad SMARTS) is 1. The molecule has 0 bridgehead atoms. The van der Waals surface area contributed by atoms with E-state index in [1.54, 1.807) is 18.2 Å². The molecule has 3 N–H and O–H groups in total. The first kappa shape index (κ1) is 16.8. The summed E-state index contributed by atoms with van der Waals surface area (Å²) in [6, 6.07) is 5.28. The molecule has 1 aromatic carbocycles. The minimum atomic E-state index is -1.08. The van der Waals surface area contributed by atoms with Crippen molar-refractivity contribution in [1.29, 1.82) is 0 Å². The van der Waals surface area contributed by atoms with Crippen molar-refractivity contribution in [2.75, 3.05) is 0 Å². The van der Waals surface area contributed by atoms with Crippen LogP contribution in [0.1, 0.15) is 31.2 Å². The van der Waals surface area contributed by atoms with Gasteiger partial charge in [0.25, 0.3) is 5.91 Å². The maximum Gasteiger partial charge on any atom is 0.326 e. The van der Waals surface area contributed by atoms with Crippen molar-refractivity contribution in [2.24, 2.45) is 0 Å². The number of amides is 1. The molecule has 0 radical (unpaired) electrons. The summed E-state index contributed by atoms with van der Waals surface area (Å²) in [5.74, 6) is -1.33. The smallest absolute Gasteiger partial charge is 0.326 e. The van der Waals surface area contributed by atoms with Crippen LogP contribution in [0.2, 0.25) is 0 Å². The Morgan fingerprint density at radius 3 is 2.52 bits per heavy atom. The van der Waals surface area contributed by atoms with Gasteiger partial charge in [0.1, 0.15) is 11.8 Å². The molecule has 1 aromatic rings. The molecule has 0 aromatic heterocycles. The van der Waals surface area contributed by atoms with Gasteiger partial charge in [-0.15, -0.1) is 0 Å². The number of phenolic OH excluding ortho intramolecular Hbond substituents is 1. The number of aliphatic carboxylic acids is 1. The molecule has 1 amide bonds. The third kappa shape index (κ3) is 5.29. The molecule has 0 saturated carbocycles. The first-order valence-corrected chi connectivity index (χ1v) is 7.74. The van der Waals surface area contributed by atoms with Gasteiger partial charge in [-0.25, -0.2) is 4.79 Å². The van der Waals surface area contributed by atoms with Gasteiger partial charge in [0.05, 0.1) is 0 Å². The molecule has 5 heteroatoms. The van der Waals surface area contributed by atoms with Gasteiger partial charge < -0.3 is 15.5 Å². The number of carbonyl (C=O) groups excluding carboxylic acids is 1.